The lowest BCUT2D eigenvalue weighted by molar-refractivity contribution is -0.121. The maximum atomic E-state index is 14.1. The summed E-state index contributed by atoms with van der Waals surface area (Å²) in [5, 5.41) is 6.57. The minimum Gasteiger partial charge on any atom is -0.493 e. The molecule has 242 valence electrons. The van der Waals surface area contributed by atoms with Crippen molar-refractivity contribution >= 4 is 22.8 Å². The van der Waals surface area contributed by atoms with Gasteiger partial charge in [-0.15, -0.1) is 0 Å². The average Bonchev–Trinajstić information content (AvgIpc) is 3.24. The van der Waals surface area contributed by atoms with Gasteiger partial charge in [-0.05, 0) is 74.8 Å². The summed E-state index contributed by atoms with van der Waals surface area (Å²) in [6, 6.07) is 14.3. The number of nitrogens with zero attached hydrogens (tertiary/aromatic N) is 1. The summed E-state index contributed by atoms with van der Waals surface area (Å²) in [5.74, 6) is 1.43. The van der Waals surface area contributed by atoms with Crippen LogP contribution in [-0.2, 0) is 22.4 Å². The van der Waals surface area contributed by atoms with Gasteiger partial charge in [0.15, 0.2) is 17.1 Å². The van der Waals surface area contributed by atoms with Gasteiger partial charge in [0.25, 0.3) is 0 Å². The van der Waals surface area contributed by atoms with Gasteiger partial charge in [0, 0.05) is 35.5 Å². The van der Waals surface area contributed by atoms with E-state index in [4.69, 9.17) is 18.6 Å². The highest BCUT2D eigenvalue weighted by Gasteiger charge is 2.31. The standard InChI is InChI=1S/C36H41N3O7/c1-21(40)38-28-14-13-23-17-30(43-4)35(44-5)36(45-6)32(23)25-18-26-27(20-31(42)37-15-10-16-39(2)3)33(22-11-8-7-9-12-22)46-34(26)29(41)19-24(25)28/h7-9,11-12,17-19,28H,10,13-16,20H2,1-6H3,(H,37,42)(H,38,40)/t28-/m0/s1. The van der Waals surface area contributed by atoms with Crippen LogP contribution in [-0.4, -0.2) is 65.2 Å². The van der Waals surface area contributed by atoms with E-state index in [1.54, 1.807) is 21.3 Å². The molecule has 0 bridgehead atoms. The van der Waals surface area contributed by atoms with Crippen LogP contribution in [0.15, 0.2) is 57.7 Å². The summed E-state index contributed by atoms with van der Waals surface area (Å²) in [4.78, 5) is 41.9. The van der Waals surface area contributed by atoms with E-state index in [9.17, 15) is 14.4 Å². The summed E-state index contributed by atoms with van der Waals surface area (Å²) >= 11 is 0. The monoisotopic (exact) mass is 627 g/mol. The van der Waals surface area contributed by atoms with Gasteiger partial charge in [-0.25, -0.2) is 0 Å². The Morgan fingerprint density at radius 1 is 1.00 bits per heavy atom. The fourth-order valence-corrected chi connectivity index (χ4v) is 6.22. The minimum atomic E-state index is -0.470. The van der Waals surface area contributed by atoms with Crippen LogP contribution in [0.4, 0.5) is 0 Å². The summed E-state index contributed by atoms with van der Waals surface area (Å²) < 4.78 is 23.7. The van der Waals surface area contributed by atoms with Crippen molar-refractivity contribution in [3.63, 3.8) is 0 Å². The second-order valence-electron chi connectivity index (χ2n) is 11.7. The highest BCUT2D eigenvalue weighted by Crippen LogP contribution is 2.51. The van der Waals surface area contributed by atoms with Crippen molar-refractivity contribution in [1.82, 2.24) is 15.5 Å². The molecule has 0 unspecified atom stereocenters. The van der Waals surface area contributed by atoms with Gasteiger partial charge >= 0.3 is 0 Å². The topological polar surface area (TPSA) is 119 Å². The molecule has 0 saturated carbocycles. The Kier molecular flexibility index (Phi) is 9.96. The van der Waals surface area contributed by atoms with Gasteiger partial charge in [0.1, 0.15) is 5.76 Å². The zero-order valence-electron chi connectivity index (χ0n) is 27.2. The maximum Gasteiger partial charge on any atom is 0.224 e. The van der Waals surface area contributed by atoms with Gasteiger partial charge in [-0.1, -0.05) is 30.3 Å². The number of hydrogen-bond acceptors (Lipinski definition) is 8. The molecule has 0 aliphatic heterocycles. The number of furan rings is 1. The van der Waals surface area contributed by atoms with Crippen LogP contribution in [0.5, 0.6) is 17.2 Å². The molecule has 1 heterocycles. The Labute approximate surface area is 268 Å². The molecule has 1 aliphatic carbocycles. The number of hydrogen-bond donors (Lipinski definition) is 2. The first kappa shape index (κ1) is 32.6. The fourth-order valence-electron chi connectivity index (χ4n) is 6.22. The molecule has 10 nitrogen and oxygen atoms in total. The van der Waals surface area contributed by atoms with E-state index in [0.29, 0.717) is 64.5 Å². The van der Waals surface area contributed by atoms with Crippen LogP contribution < -0.4 is 30.3 Å². The number of rotatable bonds is 11. The van der Waals surface area contributed by atoms with Crippen LogP contribution >= 0.6 is 0 Å². The molecule has 2 N–H and O–H groups in total. The fraction of sp³-hybridized carbons (Fsp3) is 0.361. The normalized spacial score (nSPS) is 13.8. The van der Waals surface area contributed by atoms with Crippen molar-refractivity contribution in [2.75, 3.05) is 48.5 Å². The first-order chi connectivity index (χ1) is 22.2. The van der Waals surface area contributed by atoms with Gasteiger partial charge in [0.05, 0.1) is 33.8 Å². The molecule has 1 aromatic heterocycles. The predicted molar refractivity (Wildman–Crippen MR) is 178 cm³/mol. The zero-order valence-corrected chi connectivity index (χ0v) is 27.2. The number of benzene rings is 2. The van der Waals surface area contributed by atoms with Crippen molar-refractivity contribution in [2.24, 2.45) is 0 Å². The molecule has 0 saturated heterocycles. The molecule has 10 heteroatoms. The second-order valence-corrected chi connectivity index (χ2v) is 11.7. The number of carbonyl (C=O) groups is 2. The van der Waals surface area contributed by atoms with Gasteiger partial charge in [-0.2, -0.15) is 0 Å². The van der Waals surface area contributed by atoms with E-state index >= 15 is 0 Å². The molecule has 0 fully saturated rings. The van der Waals surface area contributed by atoms with Crippen LogP contribution in [0.3, 0.4) is 0 Å². The number of carbonyl (C=O) groups excluding carboxylic acids is 2. The van der Waals surface area contributed by atoms with Crippen molar-refractivity contribution in [2.45, 2.75) is 38.6 Å². The number of aryl methyl sites for hydroxylation is 1. The zero-order chi connectivity index (χ0) is 33.0. The van der Waals surface area contributed by atoms with Crippen LogP contribution in [0.1, 0.15) is 42.5 Å². The third-order valence-corrected chi connectivity index (χ3v) is 8.27. The molecular weight excluding hydrogens is 586 g/mol. The highest BCUT2D eigenvalue weighted by atomic mass is 16.5. The first-order valence-corrected chi connectivity index (χ1v) is 15.4. The Bertz CT molecular complexity index is 1810. The lowest BCUT2D eigenvalue weighted by Gasteiger charge is -2.20. The third-order valence-electron chi connectivity index (χ3n) is 8.27. The molecule has 2 amide bonds. The highest BCUT2D eigenvalue weighted by molar-refractivity contribution is 5.96. The molecule has 1 atom stereocenters. The largest absolute Gasteiger partial charge is 0.493 e. The molecule has 1 aliphatic rings. The Morgan fingerprint density at radius 2 is 1.74 bits per heavy atom. The Balaban J connectivity index is 1.80. The van der Waals surface area contributed by atoms with E-state index in [-0.39, 0.29) is 29.2 Å². The van der Waals surface area contributed by atoms with Crippen LogP contribution in [0.25, 0.3) is 33.4 Å². The van der Waals surface area contributed by atoms with Gasteiger partial charge < -0.3 is 34.2 Å². The maximum absolute atomic E-state index is 14.1. The second kappa shape index (κ2) is 14.1. The lowest BCUT2D eigenvalue weighted by atomic mass is 9.94. The predicted octanol–water partition coefficient (Wildman–Crippen LogP) is 4.89. The van der Waals surface area contributed by atoms with E-state index in [1.165, 1.54) is 13.0 Å². The van der Waals surface area contributed by atoms with Crippen molar-refractivity contribution in [1.29, 1.82) is 0 Å². The molecular formula is C36H41N3O7. The van der Waals surface area contributed by atoms with E-state index in [1.807, 2.05) is 56.6 Å². The summed E-state index contributed by atoms with van der Waals surface area (Å²) in [7, 11) is 8.65. The van der Waals surface area contributed by atoms with Crippen molar-refractivity contribution in [3.8, 4) is 39.7 Å². The number of ether oxygens (including phenoxy) is 3. The Morgan fingerprint density at radius 3 is 2.39 bits per heavy atom. The van der Waals surface area contributed by atoms with E-state index in [2.05, 4.69) is 15.5 Å². The third kappa shape index (κ3) is 6.57. The van der Waals surface area contributed by atoms with Gasteiger partial charge in [0.2, 0.25) is 23.0 Å². The SMILES string of the molecule is COc1cc2c(c(OC)c1OC)-c1cc3c(CC(=O)NCCCN(C)C)c(-c4ccccc4)oc3c(=O)cc1[C@@H](NC(C)=O)CC2. The molecule has 5 rings (SSSR count). The van der Waals surface area contributed by atoms with E-state index in [0.717, 1.165) is 29.7 Å². The van der Waals surface area contributed by atoms with Crippen molar-refractivity contribution < 1.29 is 28.2 Å². The molecule has 0 radical (unpaired) electrons. The van der Waals surface area contributed by atoms with Gasteiger partial charge in [-0.3, -0.25) is 14.4 Å². The van der Waals surface area contributed by atoms with Crippen molar-refractivity contribution in [3.05, 3.63) is 75.4 Å². The first-order valence-electron chi connectivity index (χ1n) is 15.4. The number of methoxy groups -OCH3 is 3. The summed E-state index contributed by atoms with van der Waals surface area (Å²) in [6.07, 6.45) is 1.90. The number of amides is 2. The smallest absolute Gasteiger partial charge is 0.224 e. The molecule has 3 aromatic carbocycles. The summed E-state index contributed by atoms with van der Waals surface area (Å²) in [5.41, 5.74) is 4.05. The Hall–Kier alpha value is -4.83. The molecule has 46 heavy (non-hydrogen) atoms. The average molecular weight is 628 g/mol. The van der Waals surface area contributed by atoms with E-state index < -0.39 is 6.04 Å². The molecule has 4 aromatic rings. The number of fused-ring (bicyclic) bond motifs is 4. The summed E-state index contributed by atoms with van der Waals surface area (Å²) in [6.45, 7) is 2.82. The lowest BCUT2D eigenvalue weighted by Crippen LogP contribution is -2.28. The quantitative estimate of drug-likeness (QED) is 0.226. The molecule has 0 spiro atoms. The van der Waals surface area contributed by atoms with Crippen LogP contribution in [0.2, 0.25) is 0 Å². The minimum absolute atomic E-state index is 0.00245. The number of nitrogens with one attached hydrogen (secondary N) is 2. The van der Waals surface area contributed by atoms with Crippen LogP contribution in [0, 0.1) is 0 Å².